The fourth-order valence-electron chi connectivity index (χ4n) is 1.78. The predicted octanol–water partition coefficient (Wildman–Crippen LogP) is 3.87. The lowest BCUT2D eigenvalue weighted by Crippen LogP contribution is -2.08. The van der Waals surface area contributed by atoms with Crippen LogP contribution in [-0.2, 0) is 0 Å². The van der Waals surface area contributed by atoms with Crippen LogP contribution in [0.1, 0.15) is 10.4 Å². The van der Waals surface area contributed by atoms with Gasteiger partial charge in [-0.05, 0) is 24.3 Å². The maximum Gasteiger partial charge on any atom is 0.337 e. The summed E-state index contributed by atoms with van der Waals surface area (Å²) in [5.41, 5.74) is 2.09. The first-order valence-electron chi connectivity index (χ1n) is 6.10. The van der Waals surface area contributed by atoms with E-state index in [1.54, 1.807) is 18.2 Å². The topological polar surface area (TPSA) is 65.3 Å². The molecule has 0 amide bonds. The number of aromatic carboxylic acids is 1. The number of carbonyl (C=O) groups is 1. The van der Waals surface area contributed by atoms with Gasteiger partial charge in [0.2, 0.25) is 0 Å². The summed E-state index contributed by atoms with van der Waals surface area (Å²) in [6, 6.07) is 14.1. The summed E-state index contributed by atoms with van der Waals surface area (Å²) in [6.07, 6.45) is 0. The average molecular weight is 269 g/mol. The molecular formula is C15H15N3O2. The van der Waals surface area contributed by atoms with Gasteiger partial charge in [-0.1, -0.05) is 24.3 Å². The molecule has 2 aromatic carbocycles. The first-order valence-corrected chi connectivity index (χ1v) is 6.10. The summed E-state index contributed by atoms with van der Waals surface area (Å²) in [7, 11) is 3.83. The molecule has 0 bridgehead atoms. The van der Waals surface area contributed by atoms with Gasteiger partial charge in [-0.3, -0.25) is 0 Å². The van der Waals surface area contributed by atoms with Crippen LogP contribution in [0.3, 0.4) is 0 Å². The molecule has 5 heteroatoms. The van der Waals surface area contributed by atoms with Crippen molar-refractivity contribution in [2.45, 2.75) is 0 Å². The van der Waals surface area contributed by atoms with Gasteiger partial charge in [-0.25, -0.2) is 4.79 Å². The molecule has 5 nitrogen and oxygen atoms in total. The monoisotopic (exact) mass is 269 g/mol. The van der Waals surface area contributed by atoms with Crippen molar-refractivity contribution in [1.82, 2.24) is 0 Å². The second kappa shape index (κ2) is 5.97. The van der Waals surface area contributed by atoms with Crippen LogP contribution in [-0.4, -0.2) is 25.2 Å². The van der Waals surface area contributed by atoms with E-state index >= 15 is 0 Å². The molecule has 0 aliphatic carbocycles. The molecule has 2 rings (SSSR count). The number of hydrogen-bond donors (Lipinski definition) is 1. The van der Waals surface area contributed by atoms with E-state index in [9.17, 15) is 4.79 Å². The number of carboxylic acids is 1. The third-order valence-electron chi connectivity index (χ3n) is 2.76. The van der Waals surface area contributed by atoms with E-state index in [0.717, 1.165) is 5.69 Å². The smallest absolute Gasteiger partial charge is 0.337 e. The Morgan fingerprint density at radius 1 is 0.950 bits per heavy atom. The van der Waals surface area contributed by atoms with Crippen molar-refractivity contribution in [3.63, 3.8) is 0 Å². The standard InChI is InChI=1S/C15H15N3O2/c1-18(2)14-10-6-5-9-13(14)17-16-12-8-4-3-7-11(12)15(19)20/h3-10H,1-2H3,(H,19,20). The zero-order valence-electron chi connectivity index (χ0n) is 11.3. The van der Waals surface area contributed by atoms with Crippen LogP contribution in [0.4, 0.5) is 17.1 Å². The van der Waals surface area contributed by atoms with Crippen LogP contribution < -0.4 is 4.90 Å². The molecule has 2 aromatic rings. The first-order chi connectivity index (χ1) is 9.59. The Morgan fingerprint density at radius 2 is 1.50 bits per heavy atom. The number of rotatable bonds is 4. The highest BCUT2D eigenvalue weighted by atomic mass is 16.4. The van der Waals surface area contributed by atoms with Crippen molar-refractivity contribution >= 4 is 23.0 Å². The van der Waals surface area contributed by atoms with Crippen molar-refractivity contribution < 1.29 is 9.90 Å². The number of anilines is 1. The highest BCUT2D eigenvalue weighted by molar-refractivity contribution is 5.93. The first kappa shape index (κ1) is 13.7. The van der Waals surface area contributed by atoms with E-state index in [1.165, 1.54) is 6.07 Å². The Balaban J connectivity index is 2.38. The number of carboxylic acid groups (broad SMARTS) is 1. The lowest BCUT2D eigenvalue weighted by molar-refractivity contribution is 0.0698. The van der Waals surface area contributed by atoms with Crippen molar-refractivity contribution in [1.29, 1.82) is 0 Å². The summed E-state index contributed by atoms with van der Waals surface area (Å²) < 4.78 is 0. The molecule has 0 heterocycles. The fraction of sp³-hybridized carbons (Fsp3) is 0.133. The minimum absolute atomic E-state index is 0.138. The summed E-state index contributed by atoms with van der Waals surface area (Å²) in [5.74, 6) is -1.01. The highest BCUT2D eigenvalue weighted by Gasteiger charge is 2.08. The van der Waals surface area contributed by atoms with Crippen LogP contribution in [0.5, 0.6) is 0 Å². The van der Waals surface area contributed by atoms with Gasteiger partial charge < -0.3 is 10.0 Å². The average Bonchev–Trinajstić information content (AvgIpc) is 2.45. The van der Waals surface area contributed by atoms with E-state index < -0.39 is 5.97 Å². The van der Waals surface area contributed by atoms with E-state index in [4.69, 9.17) is 5.11 Å². The number of hydrogen-bond acceptors (Lipinski definition) is 4. The van der Waals surface area contributed by atoms with E-state index in [2.05, 4.69) is 10.2 Å². The Morgan fingerprint density at radius 3 is 2.15 bits per heavy atom. The SMILES string of the molecule is CN(C)c1ccccc1N=Nc1ccccc1C(=O)O. The van der Waals surface area contributed by atoms with Gasteiger partial charge in [0.15, 0.2) is 0 Å². The van der Waals surface area contributed by atoms with Crippen LogP contribution >= 0.6 is 0 Å². The molecule has 20 heavy (non-hydrogen) atoms. The number of para-hydroxylation sites is 1. The van der Waals surface area contributed by atoms with Gasteiger partial charge >= 0.3 is 5.97 Å². The zero-order valence-corrected chi connectivity index (χ0v) is 11.3. The molecular weight excluding hydrogens is 254 g/mol. The van der Waals surface area contributed by atoms with E-state index in [1.807, 2.05) is 43.3 Å². The molecule has 0 aromatic heterocycles. The third kappa shape index (κ3) is 3.00. The summed E-state index contributed by atoms with van der Waals surface area (Å²) >= 11 is 0. The van der Waals surface area contributed by atoms with Gasteiger partial charge in [0.05, 0.1) is 11.3 Å². The van der Waals surface area contributed by atoms with Crippen LogP contribution in [0.15, 0.2) is 58.8 Å². The largest absolute Gasteiger partial charge is 0.478 e. The van der Waals surface area contributed by atoms with Crippen LogP contribution in [0.25, 0.3) is 0 Å². The van der Waals surface area contributed by atoms with Gasteiger partial charge in [0, 0.05) is 14.1 Å². The van der Waals surface area contributed by atoms with Crippen LogP contribution in [0, 0.1) is 0 Å². The molecule has 0 aliphatic rings. The quantitative estimate of drug-likeness (QED) is 0.857. The lowest BCUT2D eigenvalue weighted by Gasteiger charge is -2.13. The Kier molecular flexibility index (Phi) is 4.10. The molecule has 0 spiro atoms. The second-order valence-electron chi connectivity index (χ2n) is 4.41. The molecule has 0 unspecified atom stereocenters. The zero-order chi connectivity index (χ0) is 14.5. The Hall–Kier alpha value is -2.69. The molecule has 1 N–H and O–H groups in total. The third-order valence-corrected chi connectivity index (χ3v) is 2.76. The minimum atomic E-state index is -1.01. The molecule has 102 valence electrons. The fourth-order valence-corrected chi connectivity index (χ4v) is 1.78. The number of azo groups is 1. The van der Waals surface area contributed by atoms with Crippen molar-refractivity contribution in [3.8, 4) is 0 Å². The summed E-state index contributed by atoms with van der Waals surface area (Å²) in [6.45, 7) is 0. The normalized spacial score (nSPS) is 10.7. The van der Waals surface area contributed by atoms with Crippen molar-refractivity contribution in [3.05, 3.63) is 54.1 Å². The summed E-state index contributed by atoms with van der Waals surface area (Å²) in [5, 5.41) is 17.3. The molecule has 0 saturated carbocycles. The van der Waals surface area contributed by atoms with Gasteiger partial charge in [-0.2, -0.15) is 0 Å². The lowest BCUT2D eigenvalue weighted by atomic mass is 10.2. The number of benzene rings is 2. The summed E-state index contributed by atoms with van der Waals surface area (Å²) in [4.78, 5) is 13.0. The highest BCUT2D eigenvalue weighted by Crippen LogP contribution is 2.29. The molecule has 0 radical (unpaired) electrons. The molecule has 0 saturated heterocycles. The maximum absolute atomic E-state index is 11.1. The van der Waals surface area contributed by atoms with Gasteiger partial charge in [0.1, 0.15) is 11.4 Å². The van der Waals surface area contributed by atoms with E-state index in [-0.39, 0.29) is 5.56 Å². The van der Waals surface area contributed by atoms with E-state index in [0.29, 0.717) is 11.4 Å². The Bertz CT molecular complexity index is 651. The van der Waals surface area contributed by atoms with Gasteiger partial charge in [0.25, 0.3) is 0 Å². The number of nitrogens with zero attached hydrogens (tertiary/aromatic N) is 3. The second-order valence-corrected chi connectivity index (χ2v) is 4.41. The van der Waals surface area contributed by atoms with Crippen molar-refractivity contribution in [2.24, 2.45) is 10.2 Å². The maximum atomic E-state index is 11.1. The predicted molar refractivity (Wildman–Crippen MR) is 78.3 cm³/mol. The molecule has 0 aliphatic heterocycles. The van der Waals surface area contributed by atoms with Crippen LogP contribution in [0.2, 0.25) is 0 Å². The molecule has 0 fully saturated rings. The molecule has 0 atom stereocenters. The van der Waals surface area contributed by atoms with Crippen molar-refractivity contribution in [2.75, 3.05) is 19.0 Å². The van der Waals surface area contributed by atoms with Gasteiger partial charge in [-0.15, -0.1) is 10.2 Å². The Labute approximate surface area is 117 Å². The minimum Gasteiger partial charge on any atom is -0.478 e.